The molecule has 0 aliphatic carbocycles. The van der Waals surface area contributed by atoms with Crippen LogP contribution in [0.15, 0.2) is 48.5 Å². The molecule has 0 aliphatic rings. The second-order valence-corrected chi connectivity index (χ2v) is 6.76. The minimum absolute atomic E-state index is 0.103. The summed E-state index contributed by atoms with van der Waals surface area (Å²) in [5, 5.41) is 3.40. The molecular weight excluding hydrogens is 348 g/mol. The van der Waals surface area contributed by atoms with Crippen molar-refractivity contribution in [3.63, 3.8) is 0 Å². The van der Waals surface area contributed by atoms with Crippen molar-refractivity contribution in [2.75, 3.05) is 6.54 Å². The Kier molecular flexibility index (Phi) is 7.22. The lowest BCUT2D eigenvalue weighted by atomic mass is 10.1. The monoisotopic (exact) mass is 372 g/mol. The lowest BCUT2D eigenvalue weighted by Gasteiger charge is -2.29. The van der Waals surface area contributed by atoms with Crippen LogP contribution < -0.4 is 5.32 Å². The van der Waals surface area contributed by atoms with E-state index in [1.54, 1.807) is 24.0 Å². The van der Waals surface area contributed by atoms with Gasteiger partial charge in [0, 0.05) is 18.1 Å². The van der Waals surface area contributed by atoms with Crippen molar-refractivity contribution >= 4 is 23.4 Å². The van der Waals surface area contributed by atoms with E-state index in [1.165, 1.54) is 0 Å². The normalized spacial score (nSPS) is 11.7. The van der Waals surface area contributed by atoms with Gasteiger partial charge in [0.1, 0.15) is 6.04 Å². The molecule has 1 atom stereocenters. The van der Waals surface area contributed by atoms with Crippen LogP contribution in [0.4, 0.5) is 0 Å². The maximum Gasteiger partial charge on any atom is 0.242 e. The summed E-state index contributed by atoms with van der Waals surface area (Å²) in [4.78, 5) is 27.0. The smallest absolute Gasteiger partial charge is 0.242 e. The van der Waals surface area contributed by atoms with Gasteiger partial charge in [-0.25, -0.2) is 0 Å². The van der Waals surface area contributed by atoms with Crippen molar-refractivity contribution in [1.29, 1.82) is 0 Å². The molecule has 0 saturated heterocycles. The highest BCUT2D eigenvalue weighted by Gasteiger charge is 2.26. The van der Waals surface area contributed by atoms with Crippen molar-refractivity contribution in [3.8, 4) is 0 Å². The average molecular weight is 373 g/mol. The minimum Gasteiger partial charge on any atom is -0.355 e. The van der Waals surface area contributed by atoms with Crippen LogP contribution in [0.25, 0.3) is 0 Å². The lowest BCUT2D eigenvalue weighted by molar-refractivity contribution is -0.140. The summed E-state index contributed by atoms with van der Waals surface area (Å²) >= 11 is 6.02. The predicted octanol–water partition coefficient (Wildman–Crippen LogP) is 3.74. The van der Waals surface area contributed by atoms with Crippen LogP contribution in [0.5, 0.6) is 0 Å². The number of hydrogen-bond donors (Lipinski definition) is 1. The number of carbonyl (C=O) groups excluding carboxylic acids is 2. The molecule has 26 heavy (non-hydrogen) atoms. The SMILES string of the molecule is CCNC(=O)[C@@H](C)N(Cc1ccccc1C)C(=O)Cc1cccc(Cl)c1. The van der Waals surface area contributed by atoms with Gasteiger partial charge in [-0.15, -0.1) is 0 Å². The van der Waals surface area contributed by atoms with Gasteiger partial charge >= 0.3 is 0 Å². The molecule has 2 aromatic rings. The van der Waals surface area contributed by atoms with Crippen LogP contribution in [0, 0.1) is 6.92 Å². The van der Waals surface area contributed by atoms with Crippen LogP contribution in [0.1, 0.15) is 30.5 Å². The quantitative estimate of drug-likeness (QED) is 0.804. The molecule has 0 heterocycles. The molecule has 0 saturated carbocycles. The van der Waals surface area contributed by atoms with Crippen LogP contribution in [0.3, 0.4) is 0 Å². The summed E-state index contributed by atoms with van der Waals surface area (Å²) in [6.45, 7) is 6.56. The van der Waals surface area contributed by atoms with Crippen LogP contribution in [-0.2, 0) is 22.6 Å². The van der Waals surface area contributed by atoms with E-state index in [4.69, 9.17) is 11.6 Å². The van der Waals surface area contributed by atoms with Gasteiger partial charge in [-0.05, 0) is 49.6 Å². The van der Waals surface area contributed by atoms with E-state index >= 15 is 0 Å². The standard InChI is InChI=1S/C21H25ClN2O2/c1-4-23-21(26)16(3)24(14-18-10-6-5-8-15(18)2)20(25)13-17-9-7-11-19(22)12-17/h5-12,16H,4,13-14H2,1-3H3,(H,23,26)/t16-/m1/s1. The highest BCUT2D eigenvalue weighted by molar-refractivity contribution is 6.30. The van der Waals surface area contributed by atoms with Gasteiger partial charge in [-0.1, -0.05) is 48.0 Å². The van der Waals surface area contributed by atoms with E-state index in [1.807, 2.05) is 50.2 Å². The Labute approximate surface area is 160 Å². The fourth-order valence-corrected chi connectivity index (χ4v) is 3.01. The second kappa shape index (κ2) is 9.39. The van der Waals surface area contributed by atoms with E-state index in [0.717, 1.165) is 16.7 Å². The third-order valence-electron chi connectivity index (χ3n) is 4.36. The zero-order chi connectivity index (χ0) is 19.1. The largest absolute Gasteiger partial charge is 0.355 e. The molecule has 0 aliphatic heterocycles. The zero-order valence-electron chi connectivity index (χ0n) is 15.5. The zero-order valence-corrected chi connectivity index (χ0v) is 16.2. The average Bonchev–Trinajstić information content (AvgIpc) is 2.60. The van der Waals surface area contributed by atoms with Gasteiger partial charge < -0.3 is 10.2 Å². The number of carbonyl (C=O) groups is 2. The third kappa shape index (κ3) is 5.33. The first-order valence-electron chi connectivity index (χ1n) is 8.78. The summed E-state index contributed by atoms with van der Waals surface area (Å²) in [6.07, 6.45) is 0.205. The Morgan fingerprint density at radius 1 is 1.15 bits per heavy atom. The Balaban J connectivity index is 2.25. The fourth-order valence-electron chi connectivity index (χ4n) is 2.80. The molecule has 2 rings (SSSR count). The van der Waals surface area contributed by atoms with Gasteiger partial charge in [-0.2, -0.15) is 0 Å². The van der Waals surface area contributed by atoms with Crippen molar-refractivity contribution in [2.24, 2.45) is 0 Å². The van der Waals surface area contributed by atoms with E-state index in [0.29, 0.717) is 18.1 Å². The van der Waals surface area contributed by atoms with Gasteiger partial charge in [0.2, 0.25) is 11.8 Å². The van der Waals surface area contributed by atoms with Crippen LogP contribution in [-0.4, -0.2) is 29.3 Å². The first-order valence-corrected chi connectivity index (χ1v) is 9.16. The minimum atomic E-state index is -0.554. The van der Waals surface area contributed by atoms with Crippen molar-refractivity contribution < 1.29 is 9.59 Å². The Morgan fingerprint density at radius 3 is 2.54 bits per heavy atom. The molecule has 0 bridgehead atoms. The van der Waals surface area contributed by atoms with Crippen molar-refractivity contribution in [3.05, 3.63) is 70.2 Å². The van der Waals surface area contributed by atoms with Gasteiger partial charge in [0.25, 0.3) is 0 Å². The third-order valence-corrected chi connectivity index (χ3v) is 4.60. The Hall–Kier alpha value is -2.33. The number of likely N-dealkylation sites (N-methyl/N-ethyl adjacent to an activating group) is 1. The number of rotatable bonds is 7. The van der Waals surface area contributed by atoms with E-state index in [9.17, 15) is 9.59 Å². The number of aryl methyl sites for hydroxylation is 1. The van der Waals surface area contributed by atoms with Gasteiger partial charge in [-0.3, -0.25) is 9.59 Å². The number of hydrogen-bond acceptors (Lipinski definition) is 2. The Bertz CT molecular complexity index is 776. The number of nitrogens with zero attached hydrogens (tertiary/aromatic N) is 1. The molecule has 0 radical (unpaired) electrons. The van der Waals surface area contributed by atoms with Crippen LogP contribution in [0.2, 0.25) is 5.02 Å². The molecule has 138 valence electrons. The summed E-state index contributed by atoms with van der Waals surface area (Å²) in [5.74, 6) is -0.255. The molecule has 4 nitrogen and oxygen atoms in total. The molecule has 0 unspecified atom stereocenters. The summed E-state index contributed by atoms with van der Waals surface area (Å²) in [6, 6.07) is 14.6. The molecule has 1 N–H and O–H groups in total. The van der Waals surface area contributed by atoms with E-state index in [-0.39, 0.29) is 18.2 Å². The highest BCUT2D eigenvalue weighted by atomic mass is 35.5. The molecular formula is C21H25ClN2O2. The lowest BCUT2D eigenvalue weighted by Crippen LogP contribution is -2.48. The number of halogens is 1. The van der Waals surface area contributed by atoms with Crippen LogP contribution >= 0.6 is 11.6 Å². The maximum absolute atomic E-state index is 13.0. The number of benzene rings is 2. The molecule has 2 aromatic carbocycles. The predicted molar refractivity (Wildman–Crippen MR) is 105 cm³/mol. The second-order valence-electron chi connectivity index (χ2n) is 6.33. The summed E-state index contributed by atoms with van der Waals surface area (Å²) < 4.78 is 0. The first kappa shape index (κ1) is 20.0. The molecule has 5 heteroatoms. The van der Waals surface area contributed by atoms with E-state index < -0.39 is 6.04 Å². The maximum atomic E-state index is 13.0. The summed E-state index contributed by atoms with van der Waals surface area (Å²) in [5.41, 5.74) is 2.96. The number of amides is 2. The molecule has 0 aromatic heterocycles. The van der Waals surface area contributed by atoms with E-state index in [2.05, 4.69) is 5.32 Å². The molecule has 0 fully saturated rings. The highest BCUT2D eigenvalue weighted by Crippen LogP contribution is 2.17. The van der Waals surface area contributed by atoms with Crippen molar-refractivity contribution in [2.45, 2.75) is 39.8 Å². The topological polar surface area (TPSA) is 49.4 Å². The first-order chi connectivity index (χ1) is 12.4. The van der Waals surface area contributed by atoms with Crippen molar-refractivity contribution in [1.82, 2.24) is 10.2 Å². The molecule has 2 amide bonds. The fraction of sp³-hybridized carbons (Fsp3) is 0.333. The van der Waals surface area contributed by atoms with Gasteiger partial charge in [0.05, 0.1) is 6.42 Å². The Morgan fingerprint density at radius 2 is 1.88 bits per heavy atom. The number of nitrogens with one attached hydrogen (secondary N) is 1. The van der Waals surface area contributed by atoms with Gasteiger partial charge in [0.15, 0.2) is 0 Å². The summed E-state index contributed by atoms with van der Waals surface area (Å²) in [7, 11) is 0. The molecule has 0 spiro atoms.